The SMILES string of the molecule is CCNC(=NCCCN1CCCC1=O)NCCN1CCN(C(=O)C2CCC2)CC1. The van der Waals surface area contributed by atoms with Gasteiger partial charge in [0.1, 0.15) is 0 Å². The molecule has 1 aliphatic carbocycles. The molecule has 2 saturated heterocycles. The molecule has 2 amide bonds. The summed E-state index contributed by atoms with van der Waals surface area (Å²) in [6.45, 7) is 10.8. The number of hydrogen-bond donors (Lipinski definition) is 2. The van der Waals surface area contributed by atoms with Crippen molar-refractivity contribution in [3.8, 4) is 0 Å². The molecule has 0 aromatic heterocycles. The third-order valence-corrected chi connectivity index (χ3v) is 6.23. The van der Waals surface area contributed by atoms with Gasteiger partial charge in [-0.1, -0.05) is 6.42 Å². The molecule has 1 saturated carbocycles. The molecule has 0 unspecified atom stereocenters. The Morgan fingerprint density at radius 3 is 2.48 bits per heavy atom. The number of nitrogens with zero attached hydrogens (tertiary/aromatic N) is 4. The first-order chi connectivity index (χ1) is 14.2. The van der Waals surface area contributed by atoms with Crippen molar-refractivity contribution in [2.24, 2.45) is 10.9 Å². The van der Waals surface area contributed by atoms with Gasteiger partial charge in [0.15, 0.2) is 5.96 Å². The molecule has 0 spiro atoms. The fraction of sp³-hybridized carbons (Fsp3) is 0.857. The molecule has 2 aliphatic heterocycles. The van der Waals surface area contributed by atoms with Gasteiger partial charge in [-0.25, -0.2) is 0 Å². The van der Waals surface area contributed by atoms with Gasteiger partial charge < -0.3 is 20.4 Å². The molecule has 3 fully saturated rings. The molecule has 0 atom stereocenters. The summed E-state index contributed by atoms with van der Waals surface area (Å²) in [4.78, 5) is 35.0. The molecule has 3 aliphatic rings. The van der Waals surface area contributed by atoms with Crippen LogP contribution >= 0.6 is 0 Å². The largest absolute Gasteiger partial charge is 0.357 e. The van der Waals surface area contributed by atoms with E-state index in [4.69, 9.17) is 0 Å². The molecule has 3 rings (SSSR count). The van der Waals surface area contributed by atoms with Crippen molar-refractivity contribution in [3.05, 3.63) is 0 Å². The number of carbonyl (C=O) groups excluding carboxylic acids is 2. The van der Waals surface area contributed by atoms with Crippen molar-refractivity contribution in [2.45, 2.75) is 45.4 Å². The monoisotopic (exact) mass is 406 g/mol. The molecule has 2 heterocycles. The van der Waals surface area contributed by atoms with Gasteiger partial charge in [-0.05, 0) is 32.6 Å². The van der Waals surface area contributed by atoms with E-state index in [0.717, 1.165) is 97.1 Å². The maximum atomic E-state index is 12.3. The van der Waals surface area contributed by atoms with Gasteiger partial charge in [-0.15, -0.1) is 0 Å². The van der Waals surface area contributed by atoms with E-state index in [1.165, 1.54) is 6.42 Å². The Hall–Kier alpha value is -1.83. The summed E-state index contributed by atoms with van der Waals surface area (Å²) in [5, 5.41) is 6.70. The highest BCUT2D eigenvalue weighted by molar-refractivity contribution is 5.80. The molecule has 0 bridgehead atoms. The van der Waals surface area contributed by atoms with Gasteiger partial charge >= 0.3 is 0 Å². The van der Waals surface area contributed by atoms with Crippen LogP contribution in [0.2, 0.25) is 0 Å². The highest BCUT2D eigenvalue weighted by Crippen LogP contribution is 2.28. The van der Waals surface area contributed by atoms with E-state index in [-0.39, 0.29) is 5.91 Å². The highest BCUT2D eigenvalue weighted by atomic mass is 16.2. The zero-order valence-electron chi connectivity index (χ0n) is 18.0. The van der Waals surface area contributed by atoms with Gasteiger partial charge in [-0.3, -0.25) is 19.5 Å². The Kier molecular flexibility index (Phi) is 8.58. The average Bonchev–Trinajstić information content (AvgIpc) is 3.09. The maximum Gasteiger partial charge on any atom is 0.225 e. The highest BCUT2D eigenvalue weighted by Gasteiger charge is 2.31. The second-order valence-corrected chi connectivity index (χ2v) is 8.32. The molecule has 8 heteroatoms. The topological polar surface area (TPSA) is 80.3 Å². The Morgan fingerprint density at radius 1 is 1.07 bits per heavy atom. The van der Waals surface area contributed by atoms with Crippen molar-refractivity contribution in [1.29, 1.82) is 0 Å². The van der Waals surface area contributed by atoms with Gasteiger partial charge in [0.25, 0.3) is 0 Å². The number of guanidine groups is 1. The zero-order chi connectivity index (χ0) is 20.5. The van der Waals surface area contributed by atoms with Crippen molar-refractivity contribution in [2.75, 3.05) is 65.4 Å². The van der Waals surface area contributed by atoms with E-state index >= 15 is 0 Å². The van der Waals surface area contributed by atoms with Crippen LogP contribution < -0.4 is 10.6 Å². The van der Waals surface area contributed by atoms with E-state index in [1.54, 1.807) is 0 Å². The van der Waals surface area contributed by atoms with E-state index in [1.807, 2.05) is 4.90 Å². The van der Waals surface area contributed by atoms with Crippen LogP contribution in [0.5, 0.6) is 0 Å². The summed E-state index contributed by atoms with van der Waals surface area (Å²) >= 11 is 0. The van der Waals surface area contributed by atoms with Crippen LogP contribution in [0.1, 0.15) is 45.4 Å². The fourth-order valence-corrected chi connectivity index (χ4v) is 4.17. The third-order valence-electron chi connectivity index (χ3n) is 6.23. The van der Waals surface area contributed by atoms with Crippen molar-refractivity contribution in [1.82, 2.24) is 25.3 Å². The quantitative estimate of drug-likeness (QED) is 0.331. The van der Waals surface area contributed by atoms with Crippen molar-refractivity contribution >= 4 is 17.8 Å². The van der Waals surface area contributed by atoms with Crippen LogP contribution in [-0.2, 0) is 9.59 Å². The van der Waals surface area contributed by atoms with Gasteiger partial charge in [0.2, 0.25) is 11.8 Å². The van der Waals surface area contributed by atoms with E-state index in [2.05, 4.69) is 32.3 Å². The van der Waals surface area contributed by atoms with Crippen LogP contribution in [-0.4, -0.2) is 97.9 Å². The number of amides is 2. The van der Waals surface area contributed by atoms with Crippen LogP contribution in [0.3, 0.4) is 0 Å². The summed E-state index contributed by atoms with van der Waals surface area (Å²) < 4.78 is 0. The average molecular weight is 407 g/mol. The number of carbonyl (C=O) groups is 2. The molecular formula is C21H38N6O2. The molecule has 0 aromatic carbocycles. The molecule has 164 valence electrons. The van der Waals surface area contributed by atoms with Gasteiger partial charge in [0.05, 0.1) is 0 Å². The predicted octanol–water partition coefficient (Wildman–Crippen LogP) is 0.498. The Balaban J connectivity index is 1.29. The number of likely N-dealkylation sites (tertiary alicyclic amines) is 1. The van der Waals surface area contributed by atoms with Gasteiger partial charge in [0, 0.05) is 77.8 Å². The second-order valence-electron chi connectivity index (χ2n) is 8.32. The number of aliphatic imine (C=N–C) groups is 1. The summed E-state index contributed by atoms with van der Waals surface area (Å²) in [5.41, 5.74) is 0. The molecule has 2 N–H and O–H groups in total. The Labute approximate surface area is 175 Å². The van der Waals surface area contributed by atoms with Crippen molar-refractivity contribution in [3.63, 3.8) is 0 Å². The Bertz CT molecular complexity index is 570. The summed E-state index contributed by atoms with van der Waals surface area (Å²) in [6.07, 6.45) is 5.99. The van der Waals surface area contributed by atoms with E-state index in [0.29, 0.717) is 18.2 Å². The minimum Gasteiger partial charge on any atom is -0.357 e. The smallest absolute Gasteiger partial charge is 0.225 e. The summed E-state index contributed by atoms with van der Waals surface area (Å²) in [5.74, 6) is 1.82. The van der Waals surface area contributed by atoms with Crippen LogP contribution in [0.4, 0.5) is 0 Å². The van der Waals surface area contributed by atoms with Crippen LogP contribution in [0.15, 0.2) is 4.99 Å². The molecule has 8 nitrogen and oxygen atoms in total. The van der Waals surface area contributed by atoms with Crippen LogP contribution in [0, 0.1) is 5.92 Å². The lowest BCUT2D eigenvalue weighted by Gasteiger charge is -2.38. The first-order valence-electron chi connectivity index (χ1n) is 11.5. The standard InChI is InChI=1S/C21H38N6O2/c1-2-22-21(23-9-5-12-26-11-4-8-19(26)28)24-10-13-25-14-16-27(17-15-25)20(29)18-6-3-7-18/h18H,2-17H2,1H3,(H2,22,23,24). The van der Waals surface area contributed by atoms with Crippen molar-refractivity contribution < 1.29 is 9.59 Å². The number of rotatable bonds is 9. The fourth-order valence-electron chi connectivity index (χ4n) is 4.17. The van der Waals surface area contributed by atoms with E-state index in [9.17, 15) is 9.59 Å². The lowest BCUT2D eigenvalue weighted by Crippen LogP contribution is -2.52. The molecule has 0 radical (unpaired) electrons. The first-order valence-corrected chi connectivity index (χ1v) is 11.5. The molecular weight excluding hydrogens is 368 g/mol. The normalized spacial score (nSPS) is 21.4. The van der Waals surface area contributed by atoms with Crippen LogP contribution in [0.25, 0.3) is 0 Å². The second kappa shape index (κ2) is 11.4. The van der Waals surface area contributed by atoms with E-state index < -0.39 is 0 Å². The first kappa shape index (κ1) is 21.9. The van der Waals surface area contributed by atoms with Gasteiger partial charge in [-0.2, -0.15) is 0 Å². The minimum absolute atomic E-state index is 0.286. The summed E-state index contributed by atoms with van der Waals surface area (Å²) in [6, 6.07) is 0. The minimum atomic E-state index is 0.286. The number of hydrogen-bond acceptors (Lipinski definition) is 4. The third kappa shape index (κ3) is 6.59. The summed E-state index contributed by atoms with van der Waals surface area (Å²) in [7, 11) is 0. The maximum absolute atomic E-state index is 12.3. The molecule has 0 aromatic rings. The Morgan fingerprint density at radius 2 is 1.86 bits per heavy atom. The lowest BCUT2D eigenvalue weighted by atomic mass is 9.84. The predicted molar refractivity (Wildman–Crippen MR) is 115 cm³/mol. The number of nitrogens with one attached hydrogen (secondary N) is 2. The lowest BCUT2D eigenvalue weighted by molar-refractivity contribution is -0.140. The zero-order valence-corrected chi connectivity index (χ0v) is 18.0. The number of piperazine rings is 1. The molecule has 29 heavy (non-hydrogen) atoms.